The zero-order valence-electron chi connectivity index (χ0n) is 13.2. The van der Waals surface area contributed by atoms with Crippen molar-refractivity contribution < 1.29 is 9.53 Å². The highest BCUT2D eigenvalue weighted by Gasteiger charge is 2.32. The van der Waals surface area contributed by atoms with Gasteiger partial charge in [0, 0.05) is 18.4 Å². The van der Waals surface area contributed by atoms with E-state index in [1.54, 1.807) is 17.0 Å². The lowest BCUT2D eigenvalue weighted by Crippen LogP contribution is -2.32. The van der Waals surface area contributed by atoms with Gasteiger partial charge in [-0.1, -0.05) is 30.3 Å². The predicted octanol–water partition coefficient (Wildman–Crippen LogP) is 2.44. The van der Waals surface area contributed by atoms with E-state index >= 15 is 0 Å². The van der Waals surface area contributed by atoms with Crippen LogP contribution in [-0.4, -0.2) is 21.6 Å². The average Bonchev–Trinajstić information content (AvgIpc) is 3.33. The third-order valence-electron chi connectivity index (χ3n) is 4.53. The maximum atomic E-state index is 12.4. The molecule has 2 aromatic rings. The van der Waals surface area contributed by atoms with Crippen molar-refractivity contribution in [3.63, 3.8) is 0 Å². The molecule has 24 heavy (non-hydrogen) atoms. The number of carbonyl (C=O) groups is 1. The van der Waals surface area contributed by atoms with Gasteiger partial charge in [-0.3, -0.25) is 9.59 Å². The average molecular weight is 325 g/mol. The standard InChI is InChI=1S/C18H19N3O3/c22-17(15-9-8-14(24-15)12-4-2-1-3-5-12)20-16-18(23)21(11-10-19-16)13-6-7-13/h1-5,10-11,13-15H,6-9H2,(H,19,20,22)/t14-,15+/m0/s1. The number of nitrogens with one attached hydrogen (secondary N) is 1. The van der Waals surface area contributed by atoms with Crippen molar-refractivity contribution in [1.82, 2.24) is 9.55 Å². The first-order chi connectivity index (χ1) is 11.7. The molecule has 1 aromatic carbocycles. The lowest BCUT2D eigenvalue weighted by Gasteiger charge is -2.14. The molecule has 1 saturated heterocycles. The van der Waals surface area contributed by atoms with Gasteiger partial charge in [-0.25, -0.2) is 4.98 Å². The van der Waals surface area contributed by atoms with Crippen LogP contribution < -0.4 is 10.9 Å². The summed E-state index contributed by atoms with van der Waals surface area (Å²) in [5.74, 6) is -0.215. The highest BCUT2D eigenvalue weighted by molar-refractivity contribution is 5.93. The number of aromatic nitrogens is 2. The van der Waals surface area contributed by atoms with Crippen LogP contribution in [0.25, 0.3) is 0 Å². The predicted molar refractivity (Wildman–Crippen MR) is 88.7 cm³/mol. The van der Waals surface area contributed by atoms with Gasteiger partial charge < -0.3 is 14.6 Å². The highest BCUT2D eigenvalue weighted by Crippen LogP contribution is 2.34. The Kier molecular flexibility index (Phi) is 3.90. The van der Waals surface area contributed by atoms with E-state index in [-0.39, 0.29) is 29.4 Å². The van der Waals surface area contributed by atoms with E-state index in [2.05, 4.69) is 10.3 Å². The van der Waals surface area contributed by atoms with Crippen LogP contribution in [0.4, 0.5) is 5.82 Å². The summed E-state index contributed by atoms with van der Waals surface area (Å²) >= 11 is 0. The quantitative estimate of drug-likeness (QED) is 0.937. The summed E-state index contributed by atoms with van der Waals surface area (Å²) in [6.45, 7) is 0. The molecule has 1 aromatic heterocycles. The van der Waals surface area contributed by atoms with Gasteiger partial charge in [-0.05, 0) is 31.2 Å². The Bertz CT molecular complexity index is 799. The smallest absolute Gasteiger partial charge is 0.293 e. The lowest BCUT2D eigenvalue weighted by atomic mass is 10.1. The number of benzene rings is 1. The normalized spacial score (nSPS) is 23.2. The number of amides is 1. The Morgan fingerprint density at radius 2 is 1.96 bits per heavy atom. The molecule has 6 heteroatoms. The van der Waals surface area contributed by atoms with Crippen LogP contribution in [-0.2, 0) is 9.53 Å². The van der Waals surface area contributed by atoms with E-state index in [1.165, 1.54) is 0 Å². The second kappa shape index (κ2) is 6.20. The van der Waals surface area contributed by atoms with Gasteiger partial charge in [-0.2, -0.15) is 0 Å². The van der Waals surface area contributed by atoms with E-state index in [1.807, 2.05) is 30.3 Å². The lowest BCUT2D eigenvalue weighted by molar-refractivity contribution is -0.126. The number of hydrogen-bond donors (Lipinski definition) is 1. The Labute approximate surface area is 139 Å². The van der Waals surface area contributed by atoms with E-state index < -0.39 is 6.10 Å². The van der Waals surface area contributed by atoms with Crippen molar-refractivity contribution in [3.8, 4) is 0 Å². The van der Waals surface area contributed by atoms with Gasteiger partial charge in [0.1, 0.15) is 6.10 Å². The minimum atomic E-state index is -0.550. The van der Waals surface area contributed by atoms with Crippen LogP contribution in [0, 0.1) is 0 Å². The van der Waals surface area contributed by atoms with Gasteiger partial charge >= 0.3 is 0 Å². The SMILES string of the molecule is O=C(Nc1nccn(C2CC2)c1=O)[C@H]1CC[C@@H](c2ccccc2)O1. The molecule has 2 fully saturated rings. The Hall–Kier alpha value is -2.47. The largest absolute Gasteiger partial charge is 0.360 e. The van der Waals surface area contributed by atoms with Gasteiger partial charge in [0.15, 0.2) is 5.82 Å². The van der Waals surface area contributed by atoms with E-state index in [0.29, 0.717) is 6.42 Å². The summed E-state index contributed by atoms with van der Waals surface area (Å²) < 4.78 is 7.51. The molecule has 0 spiro atoms. The molecule has 1 saturated carbocycles. The molecule has 1 aliphatic carbocycles. The van der Waals surface area contributed by atoms with Gasteiger partial charge in [0.25, 0.3) is 11.5 Å². The molecule has 2 atom stereocenters. The first kappa shape index (κ1) is 15.1. The zero-order chi connectivity index (χ0) is 16.5. The Morgan fingerprint density at radius 3 is 2.71 bits per heavy atom. The summed E-state index contributed by atoms with van der Waals surface area (Å²) in [4.78, 5) is 28.8. The van der Waals surface area contributed by atoms with Gasteiger partial charge in [-0.15, -0.1) is 0 Å². The minimum absolute atomic E-state index is 0.0752. The molecule has 2 aliphatic rings. The second-order valence-electron chi connectivity index (χ2n) is 6.31. The Morgan fingerprint density at radius 1 is 1.17 bits per heavy atom. The highest BCUT2D eigenvalue weighted by atomic mass is 16.5. The van der Waals surface area contributed by atoms with Crippen molar-refractivity contribution in [2.45, 2.75) is 43.9 Å². The van der Waals surface area contributed by atoms with Crippen molar-refractivity contribution >= 4 is 11.7 Å². The van der Waals surface area contributed by atoms with Crippen LogP contribution in [0.5, 0.6) is 0 Å². The molecule has 0 unspecified atom stereocenters. The number of rotatable bonds is 4. The first-order valence-electron chi connectivity index (χ1n) is 8.31. The number of anilines is 1. The molecule has 0 radical (unpaired) electrons. The first-order valence-corrected chi connectivity index (χ1v) is 8.31. The summed E-state index contributed by atoms with van der Waals surface area (Å²) in [6.07, 6.45) is 6.03. The second-order valence-corrected chi connectivity index (χ2v) is 6.31. The van der Waals surface area contributed by atoms with Crippen molar-refractivity contribution in [2.24, 2.45) is 0 Å². The molecule has 0 bridgehead atoms. The van der Waals surface area contributed by atoms with E-state index in [9.17, 15) is 9.59 Å². The number of nitrogens with zero attached hydrogens (tertiary/aromatic N) is 2. The summed E-state index contributed by atoms with van der Waals surface area (Å²) in [5.41, 5.74) is 0.827. The minimum Gasteiger partial charge on any atom is -0.360 e. The summed E-state index contributed by atoms with van der Waals surface area (Å²) in [7, 11) is 0. The van der Waals surface area contributed by atoms with Crippen molar-refractivity contribution in [1.29, 1.82) is 0 Å². The van der Waals surface area contributed by atoms with Crippen LogP contribution in [0.3, 0.4) is 0 Å². The molecule has 1 N–H and O–H groups in total. The van der Waals surface area contributed by atoms with E-state index in [4.69, 9.17) is 4.74 Å². The number of hydrogen-bond acceptors (Lipinski definition) is 4. The summed E-state index contributed by atoms with van der Waals surface area (Å²) in [5, 5.41) is 2.64. The molecule has 4 rings (SSSR count). The maximum Gasteiger partial charge on any atom is 0.293 e. The van der Waals surface area contributed by atoms with Crippen LogP contribution >= 0.6 is 0 Å². The topological polar surface area (TPSA) is 73.2 Å². The van der Waals surface area contributed by atoms with Gasteiger partial charge in [0.05, 0.1) is 6.10 Å². The molecule has 2 heterocycles. The number of carbonyl (C=O) groups excluding carboxylic acids is 1. The molecule has 1 aliphatic heterocycles. The van der Waals surface area contributed by atoms with Crippen LogP contribution in [0.15, 0.2) is 47.5 Å². The zero-order valence-corrected chi connectivity index (χ0v) is 13.2. The molecular weight excluding hydrogens is 306 g/mol. The van der Waals surface area contributed by atoms with E-state index in [0.717, 1.165) is 24.8 Å². The van der Waals surface area contributed by atoms with Crippen LogP contribution in [0.1, 0.15) is 43.4 Å². The maximum absolute atomic E-state index is 12.4. The number of ether oxygens (including phenoxy) is 1. The Balaban J connectivity index is 1.44. The monoisotopic (exact) mass is 325 g/mol. The van der Waals surface area contributed by atoms with Gasteiger partial charge in [0.2, 0.25) is 0 Å². The fourth-order valence-corrected chi connectivity index (χ4v) is 3.09. The third-order valence-corrected chi connectivity index (χ3v) is 4.53. The molecule has 124 valence electrons. The fraction of sp³-hybridized carbons (Fsp3) is 0.389. The molecule has 1 amide bonds. The molecule has 6 nitrogen and oxygen atoms in total. The molecular formula is C18H19N3O3. The summed E-state index contributed by atoms with van der Waals surface area (Å²) in [6, 6.07) is 10.1. The van der Waals surface area contributed by atoms with Crippen molar-refractivity contribution in [2.75, 3.05) is 5.32 Å². The van der Waals surface area contributed by atoms with Crippen LogP contribution in [0.2, 0.25) is 0 Å². The third kappa shape index (κ3) is 2.97. The van der Waals surface area contributed by atoms with Crippen molar-refractivity contribution in [3.05, 3.63) is 58.6 Å². The fourth-order valence-electron chi connectivity index (χ4n) is 3.09.